The van der Waals surface area contributed by atoms with Gasteiger partial charge in [0, 0.05) is 29.8 Å². The van der Waals surface area contributed by atoms with Crippen LogP contribution in [-0.4, -0.2) is 24.4 Å². The van der Waals surface area contributed by atoms with Crippen LogP contribution in [-0.2, 0) is 20.7 Å². The molecule has 34 heavy (non-hydrogen) atoms. The van der Waals surface area contributed by atoms with Gasteiger partial charge in [-0.05, 0) is 68.1 Å². The van der Waals surface area contributed by atoms with E-state index in [2.05, 4.69) is 22.8 Å². The number of aryl methyl sites for hydroxylation is 2. The van der Waals surface area contributed by atoms with Gasteiger partial charge in [-0.15, -0.1) is 0 Å². The molecular formula is C28H30N2O4. The summed E-state index contributed by atoms with van der Waals surface area (Å²) in [5, 5.41) is 5.64. The van der Waals surface area contributed by atoms with Crippen LogP contribution in [0.3, 0.4) is 0 Å². The molecule has 3 rings (SSSR count). The lowest BCUT2D eigenvalue weighted by molar-refractivity contribution is -0.143. The van der Waals surface area contributed by atoms with Crippen LogP contribution in [0, 0.1) is 6.92 Å². The van der Waals surface area contributed by atoms with Crippen molar-refractivity contribution in [1.82, 2.24) is 0 Å². The molecular weight excluding hydrogens is 428 g/mol. The fourth-order valence-corrected chi connectivity index (χ4v) is 3.42. The van der Waals surface area contributed by atoms with E-state index < -0.39 is 0 Å². The topological polar surface area (TPSA) is 84.5 Å². The largest absolute Gasteiger partial charge is 0.466 e. The molecule has 3 aromatic rings. The Balaban J connectivity index is 1.31. The highest BCUT2D eigenvalue weighted by atomic mass is 16.5. The lowest BCUT2D eigenvalue weighted by atomic mass is 10.1. The molecule has 0 spiro atoms. The molecule has 0 unspecified atom stereocenters. The maximum absolute atomic E-state index is 12.3. The third-order valence-electron chi connectivity index (χ3n) is 5.21. The van der Waals surface area contributed by atoms with Gasteiger partial charge < -0.3 is 15.4 Å². The Morgan fingerprint density at radius 3 is 2.18 bits per heavy atom. The van der Waals surface area contributed by atoms with E-state index in [1.807, 2.05) is 43.3 Å². The predicted molar refractivity (Wildman–Crippen MR) is 134 cm³/mol. The van der Waals surface area contributed by atoms with E-state index in [9.17, 15) is 14.4 Å². The van der Waals surface area contributed by atoms with E-state index in [-0.39, 0.29) is 30.6 Å². The zero-order valence-corrected chi connectivity index (χ0v) is 19.4. The molecule has 0 bridgehead atoms. The number of anilines is 2. The Morgan fingerprint density at radius 1 is 0.765 bits per heavy atom. The number of rotatable bonds is 11. The molecule has 6 heteroatoms. The second-order valence-electron chi connectivity index (χ2n) is 8.11. The number of amides is 2. The summed E-state index contributed by atoms with van der Waals surface area (Å²) >= 11 is 0. The number of ether oxygens (including phenoxy) is 1. The Kier molecular flexibility index (Phi) is 9.40. The van der Waals surface area contributed by atoms with Gasteiger partial charge in [0.1, 0.15) is 0 Å². The van der Waals surface area contributed by atoms with Crippen LogP contribution >= 0.6 is 0 Å². The maximum atomic E-state index is 12.3. The first-order valence-electron chi connectivity index (χ1n) is 11.5. The predicted octanol–water partition coefficient (Wildman–Crippen LogP) is 5.53. The van der Waals surface area contributed by atoms with Crippen molar-refractivity contribution in [2.75, 3.05) is 17.2 Å². The summed E-state index contributed by atoms with van der Waals surface area (Å²) in [4.78, 5) is 36.3. The molecule has 0 aliphatic rings. The number of esters is 1. The molecule has 0 radical (unpaired) electrons. The molecule has 0 aromatic heterocycles. The van der Waals surface area contributed by atoms with Crippen molar-refractivity contribution in [3.63, 3.8) is 0 Å². The Bertz CT molecular complexity index is 1090. The van der Waals surface area contributed by atoms with Crippen molar-refractivity contribution in [2.45, 2.75) is 39.0 Å². The van der Waals surface area contributed by atoms with E-state index >= 15 is 0 Å². The first kappa shape index (κ1) is 24.7. The molecule has 0 aliphatic carbocycles. The zero-order chi connectivity index (χ0) is 24.2. The second kappa shape index (κ2) is 12.9. The lowest BCUT2D eigenvalue weighted by Crippen LogP contribution is -2.14. The smallest absolute Gasteiger partial charge is 0.305 e. The van der Waals surface area contributed by atoms with Gasteiger partial charge >= 0.3 is 5.97 Å². The van der Waals surface area contributed by atoms with Gasteiger partial charge in [-0.25, -0.2) is 0 Å². The number of carbonyl (C=O) groups excluding carboxylic acids is 3. The summed E-state index contributed by atoms with van der Waals surface area (Å²) in [5.74, 6) is -0.643. The maximum Gasteiger partial charge on any atom is 0.305 e. The molecule has 0 saturated heterocycles. The zero-order valence-electron chi connectivity index (χ0n) is 19.4. The summed E-state index contributed by atoms with van der Waals surface area (Å²) in [7, 11) is 0. The van der Waals surface area contributed by atoms with Crippen molar-refractivity contribution < 1.29 is 19.1 Å². The Hall–Kier alpha value is -3.93. The first-order chi connectivity index (χ1) is 16.5. The summed E-state index contributed by atoms with van der Waals surface area (Å²) in [6, 6.07) is 24.3. The van der Waals surface area contributed by atoms with Gasteiger partial charge in [0.25, 0.3) is 5.91 Å². The Morgan fingerprint density at radius 2 is 1.47 bits per heavy atom. The Labute approximate surface area is 200 Å². The average molecular weight is 459 g/mol. The van der Waals surface area contributed by atoms with E-state index in [0.29, 0.717) is 30.0 Å². The molecule has 0 saturated carbocycles. The lowest BCUT2D eigenvalue weighted by Gasteiger charge is -2.09. The molecule has 2 amide bonds. The van der Waals surface area contributed by atoms with Crippen LogP contribution in [0.1, 0.15) is 47.2 Å². The van der Waals surface area contributed by atoms with Gasteiger partial charge in [-0.2, -0.15) is 0 Å². The third-order valence-corrected chi connectivity index (χ3v) is 5.21. The van der Waals surface area contributed by atoms with Crippen molar-refractivity contribution in [1.29, 1.82) is 0 Å². The second-order valence-corrected chi connectivity index (χ2v) is 8.11. The fourth-order valence-electron chi connectivity index (χ4n) is 3.42. The molecule has 6 nitrogen and oxygen atoms in total. The minimum atomic E-state index is -0.283. The molecule has 0 atom stereocenters. The number of carbonyl (C=O) groups is 3. The summed E-state index contributed by atoms with van der Waals surface area (Å²) in [6.45, 7) is 2.32. The number of hydrogen-bond donors (Lipinski definition) is 2. The molecule has 0 heterocycles. The SMILES string of the molecule is Cc1cccc(C(=O)Nc2ccc(NC(=O)CCCC(=O)OCCCc3ccccc3)cc2)c1. The van der Waals surface area contributed by atoms with E-state index in [1.165, 1.54) is 5.56 Å². The van der Waals surface area contributed by atoms with Crippen LogP contribution in [0.5, 0.6) is 0 Å². The summed E-state index contributed by atoms with van der Waals surface area (Å²) in [5.41, 5.74) is 4.09. The third kappa shape index (κ3) is 8.54. The van der Waals surface area contributed by atoms with Crippen LogP contribution in [0.25, 0.3) is 0 Å². The standard InChI is InChI=1S/C28H30N2O4/c1-21-8-5-12-23(20-21)28(33)30-25-17-15-24(16-18-25)29-26(31)13-6-14-27(32)34-19-7-11-22-9-3-2-4-10-22/h2-5,8-10,12,15-18,20H,6-7,11,13-14,19H2,1H3,(H,29,31)(H,30,33). The summed E-state index contributed by atoms with van der Waals surface area (Å²) < 4.78 is 5.24. The molecule has 0 fully saturated rings. The van der Waals surface area contributed by atoms with Gasteiger partial charge in [0.2, 0.25) is 5.91 Å². The quantitative estimate of drug-likeness (QED) is 0.292. The van der Waals surface area contributed by atoms with Crippen molar-refractivity contribution in [2.24, 2.45) is 0 Å². The van der Waals surface area contributed by atoms with Crippen LogP contribution < -0.4 is 10.6 Å². The molecule has 3 aromatic carbocycles. The molecule has 0 aliphatic heterocycles. The van der Waals surface area contributed by atoms with E-state index in [4.69, 9.17) is 4.74 Å². The van der Waals surface area contributed by atoms with Crippen LogP contribution in [0.2, 0.25) is 0 Å². The highest BCUT2D eigenvalue weighted by Crippen LogP contribution is 2.16. The van der Waals surface area contributed by atoms with Gasteiger partial charge in [-0.3, -0.25) is 14.4 Å². The normalized spacial score (nSPS) is 10.4. The minimum absolute atomic E-state index is 0.173. The monoisotopic (exact) mass is 458 g/mol. The van der Waals surface area contributed by atoms with Crippen LogP contribution in [0.15, 0.2) is 78.9 Å². The number of hydrogen-bond acceptors (Lipinski definition) is 4. The van der Waals surface area contributed by atoms with Crippen molar-refractivity contribution >= 4 is 29.2 Å². The van der Waals surface area contributed by atoms with Gasteiger partial charge in [-0.1, -0.05) is 48.0 Å². The van der Waals surface area contributed by atoms with E-state index in [0.717, 1.165) is 18.4 Å². The first-order valence-corrected chi connectivity index (χ1v) is 11.5. The minimum Gasteiger partial charge on any atom is -0.466 e. The average Bonchev–Trinajstić information content (AvgIpc) is 2.84. The highest BCUT2D eigenvalue weighted by Gasteiger charge is 2.09. The van der Waals surface area contributed by atoms with Crippen molar-refractivity contribution in [3.05, 3.63) is 95.6 Å². The number of benzene rings is 3. The number of nitrogens with one attached hydrogen (secondary N) is 2. The van der Waals surface area contributed by atoms with Crippen molar-refractivity contribution in [3.8, 4) is 0 Å². The molecule has 176 valence electrons. The summed E-state index contributed by atoms with van der Waals surface area (Å²) in [6.07, 6.45) is 2.50. The fraction of sp³-hybridized carbons (Fsp3) is 0.250. The van der Waals surface area contributed by atoms with Gasteiger partial charge in [0.15, 0.2) is 0 Å². The highest BCUT2D eigenvalue weighted by molar-refractivity contribution is 6.04. The van der Waals surface area contributed by atoms with Crippen LogP contribution in [0.4, 0.5) is 11.4 Å². The van der Waals surface area contributed by atoms with Gasteiger partial charge in [0.05, 0.1) is 6.61 Å². The molecule has 2 N–H and O–H groups in total. The van der Waals surface area contributed by atoms with E-state index in [1.54, 1.807) is 30.3 Å².